The van der Waals surface area contributed by atoms with Crippen LogP contribution in [0.1, 0.15) is 33.2 Å². The van der Waals surface area contributed by atoms with Gasteiger partial charge in [0.05, 0.1) is 18.4 Å². The molecule has 0 radical (unpaired) electrons. The van der Waals surface area contributed by atoms with E-state index in [1.54, 1.807) is 31.4 Å². The molecule has 1 fully saturated rings. The number of rotatable bonds is 5. The number of aliphatic hydroxyl groups excluding tert-OH is 4. The van der Waals surface area contributed by atoms with Crippen LogP contribution in [0.15, 0.2) is 53.2 Å². The van der Waals surface area contributed by atoms with Gasteiger partial charge in [-0.1, -0.05) is 12.1 Å². The molecule has 8 nitrogen and oxygen atoms in total. The van der Waals surface area contributed by atoms with Crippen LogP contribution in [0.25, 0.3) is 17.0 Å². The monoisotopic (exact) mass is 440 g/mol. The van der Waals surface area contributed by atoms with Gasteiger partial charge in [-0.15, -0.1) is 0 Å². The highest BCUT2D eigenvalue weighted by molar-refractivity contribution is 6.08. The van der Waals surface area contributed by atoms with E-state index < -0.39 is 42.9 Å². The third-order valence-corrected chi connectivity index (χ3v) is 5.75. The largest absolute Gasteiger partial charge is 0.507 e. The molecule has 1 aliphatic rings. The van der Waals surface area contributed by atoms with Crippen LogP contribution in [-0.2, 0) is 4.74 Å². The molecule has 0 amide bonds. The minimum absolute atomic E-state index is 0.0109. The molecule has 168 valence electrons. The Morgan fingerprint density at radius 2 is 1.84 bits per heavy atom. The van der Waals surface area contributed by atoms with Crippen molar-refractivity contribution in [2.24, 2.45) is 0 Å². The molecule has 4 rings (SSSR count). The van der Waals surface area contributed by atoms with Gasteiger partial charge in [0.1, 0.15) is 41.9 Å². The molecule has 0 spiro atoms. The number of benzene rings is 2. The van der Waals surface area contributed by atoms with Crippen LogP contribution in [0, 0.1) is 6.92 Å². The fraction of sp³-hybridized carbons (Fsp3) is 0.292. The van der Waals surface area contributed by atoms with Crippen LogP contribution in [0.5, 0.6) is 5.75 Å². The van der Waals surface area contributed by atoms with E-state index in [1.807, 2.05) is 12.1 Å². The smallest absolute Gasteiger partial charge is 0.189 e. The van der Waals surface area contributed by atoms with Crippen molar-refractivity contribution in [2.45, 2.75) is 37.4 Å². The first-order valence-corrected chi connectivity index (χ1v) is 10.1. The Labute approximate surface area is 183 Å². The quantitative estimate of drug-likeness (QED) is 0.299. The molecule has 0 aliphatic carbocycles. The average molecular weight is 440 g/mol. The van der Waals surface area contributed by atoms with Gasteiger partial charge in [-0.25, -0.2) is 0 Å². The van der Waals surface area contributed by atoms with E-state index in [0.717, 1.165) is 16.5 Å². The van der Waals surface area contributed by atoms with Gasteiger partial charge < -0.3 is 34.7 Å². The van der Waals surface area contributed by atoms with Gasteiger partial charge in [0.2, 0.25) is 0 Å². The number of ether oxygens (including phenoxy) is 1. The molecule has 8 heteroatoms. The van der Waals surface area contributed by atoms with Gasteiger partial charge in [0, 0.05) is 5.39 Å². The van der Waals surface area contributed by atoms with E-state index in [0.29, 0.717) is 11.1 Å². The molecular weight excluding hydrogens is 416 g/mol. The van der Waals surface area contributed by atoms with Gasteiger partial charge in [0.15, 0.2) is 5.78 Å². The Kier molecular flexibility index (Phi) is 6.14. The summed E-state index contributed by atoms with van der Waals surface area (Å²) in [4.78, 5) is 12.8. The molecule has 5 atom stereocenters. The zero-order valence-electron chi connectivity index (χ0n) is 17.3. The lowest BCUT2D eigenvalue weighted by Crippen LogP contribution is -2.55. The number of carbonyl (C=O) groups excluding carboxylic acids is 1. The maximum atomic E-state index is 12.8. The van der Waals surface area contributed by atoms with Crippen molar-refractivity contribution in [1.29, 1.82) is 0 Å². The second-order valence-corrected chi connectivity index (χ2v) is 7.89. The minimum Gasteiger partial charge on any atom is -0.507 e. The number of phenols is 1. The Hall–Kier alpha value is -3.01. The Morgan fingerprint density at radius 3 is 2.59 bits per heavy atom. The lowest BCUT2D eigenvalue weighted by molar-refractivity contribution is -0.231. The molecule has 1 aromatic heterocycles. The maximum absolute atomic E-state index is 12.8. The van der Waals surface area contributed by atoms with E-state index in [9.17, 15) is 30.3 Å². The molecule has 1 saturated heterocycles. The summed E-state index contributed by atoms with van der Waals surface area (Å²) in [6, 6.07) is 10.0. The van der Waals surface area contributed by atoms with Crippen molar-refractivity contribution >= 4 is 22.8 Å². The summed E-state index contributed by atoms with van der Waals surface area (Å²) in [5.41, 5.74) is 2.36. The van der Waals surface area contributed by atoms with Gasteiger partial charge in [-0.05, 0) is 60.0 Å². The van der Waals surface area contributed by atoms with Crippen LogP contribution < -0.4 is 0 Å². The van der Waals surface area contributed by atoms with Crippen LogP contribution in [0.3, 0.4) is 0 Å². The first-order chi connectivity index (χ1) is 15.3. The number of furan rings is 1. The van der Waals surface area contributed by atoms with Crippen molar-refractivity contribution in [2.75, 3.05) is 6.61 Å². The van der Waals surface area contributed by atoms with E-state index in [-0.39, 0.29) is 11.3 Å². The summed E-state index contributed by atoms with van der Waals surface area (Å²) in [5.74, 6) is -0.712. The molecule has 0 saturated carbocycles. The first kappa shape index (κ1) is 22.2. The topological polar surface area (TPSA) is 141 Å². The molecule has 3 aromatic rings. The van der Waals surface area contributed by atoms with Gasteiger partial charge >= 0.3 is 0 Å². The summed E-state index contributed by atoms with van der Waals surface area (Å²) < 4.78 is 10.9. The van der Waals surface area contributed by atoms with Crippen molar-refractivity contribution in [1.82, 2.24) is 0 Å². The number of aromatic hydroxyl groups is 1. The number of allylic oxidation sites excluding steroid dienone is 1. The SMILES string of the molecule is Cc1cc(O)c(C(=O)C=Cc2ccc3occc3c2)cc1C1OC(CO)C(O)C(O)C1O. The van der Waals surface area contributed by atoms with E-state index in [1.165, 1.54) is 18.2 Å². The number of aryl methyl sites for hydroxylation is 1. The Bertz CT molecular complexity index is 1160. The van der Waals surface area contributed by atoms with Crippen molar-refractivity contribution in [3.63, 3.8) is 0 Å². The molecule has 5 N–H and O–H groups in total. The number of aliphatic hydroxyl groups is 4. The second-order valence-electron chi connectivity index (χ2n) is 7.89. The van der Waals surface area contributed by atoms with Crippen LogP contribution in [-0.4, -0.2) is 62.3 Å². The van der Waals surface area contributed by atoms with Crippen molar-refractivity contribution < 1.29 is 39.5 Å². The maximum Gasteiger partial charge on any atom is 0.189 e. The molecular formula is C24H24O8. The summed E-state index contributed by atoms with van der Waals surface area (Å²) in [7, 11) is 0. The fourth-order valence-electron chi connectivity index (χ4n) is 3.92. The molecule has 5 unspecified atom stereocenters. The number of hydrogen-bond acceptors (Lipinski definition) is 8. The average Bonchev–Trinajstić information content (AvgIpc) is 3.25. The van der Waals surface area contributed by atoms with E-state index in [4.69, 9.17) is 9.15 Å². The second kappa shape index (κ2) is 8.85. The van der Waals surface area contributed by atoms with Crippen LogP contribution in [0.2, 0.25) is 0 Å². The summed E-state index contributed by atoms with van der Waals surface area (Å²) in [6.07, 6.45) is -2.19. The van der Waals surface area contributed by atoms with Gasteiger partial charge in [0.25, 0.3) is 0 Å². The molecule has 1 aliphatic heterocycles. The van der Waals surface area contributed by atoms with E-state index >= 15 is 0 Å². The lowest BCUT2D eigenvalue weighted by Gasteiger charge is -2.40. The number of hydrogen-bond donors (Lipinski definition) is 5. The Morgan fingerprint density at radius 1 is 1.06 bits per heavy atom. The van der Waals surface area contributed by atoms with Crippen LogP contribution >= 0.6 is 0 Å². The standard InChI is InChI=1S/C24H24O8/c1-12-8-18(27)16(10-15(12)24-23(30)22(29)21(28)20(11-25)32-24)17(26)4-2-13-3-5-19-14(9-13)6-7-31-19/h2-10,20-25,27-30H,11H2,1H3. The Balaban J connectivity index is 1.63. The van der Waals surface area contributed by atoms with Crippen molar-refractivity contribution in [3.05, 3.63) is 71.0 Å². The number of ketones is 1. The molecule has 2 aromatic carbocycles. The van der Waals surface area contributed by atoms with Gasteiger partial charge in [-0.3, -0.25) is 4.79 Å². The molecule has 32 heavy (non-hydrogen) atoms. The minimum atomic E-state index is -1.55. The summed E-state index contributed by atoms with van der Waals surface area (Å²) in [5, 5.41) is 51.2. The van der Waals surface area contributed by atoms with Crippen LogP contribution in [0.4, 0.5) is 0 Å². The predicted octanol–water partition coefficient (Wildman–Crippen LogP) is 1.86. The van der Waals surface area contributed by atoms with Crippen molar-refractivity contribution in [3.8, 4) is 5.75 Å². The zero-order chi connectivity index (χ0) is 23.0. The third kappa shape index (κ3) is 4.06. The third-order valence-electron chi connectivity index (χ3n) is 5.75. The highest BCUT2D eigenvalue weighted by Crippen LogP contribution is 2.36. The number of carbonyl (C=O) groups is 1. The highest BCUT2D eigenvalue weighted by Gasteiger charge is 2.44. The highest BCUT2D eigenvalue weighted by atomic mass is 16.5. The predicted molar refractivity (Wildman–Crippen MR) is 115 cm³/mol. The summed E-state index contributed by atoms with van der Waals surface area (Å²) in [6.45, 7) is 1.09. The number of phenolic OH excluding ortho intramolecular Hbond substituents is 1. The molecule has 0 bridgehead atoms. The fourth-order valence-corrected chi connectivity index (χ4v) is 3.92. The number of fused-ring (bicyclic) bond motifs is 1. The lowest BCUT2D eigenvalue weighted by atomic mass is 9.88. The van der Waals surface area contributed by atoms with E-state index in [2.05, 4.69) is 0 Å². The zero-order valence-corrected chi connectivity index (χ0v) is 17.3. The van der Waals surface area contributed by atoms with Gasteiger partial charge in [-0.2, -0.15) is 0 Å². The summed E-state index contributed by atoms with van der Waals surface area (Å²) >= 11 is 0. The normalized spacial score (nSPS) is 26.1. The molecule has 2 heterocycles. The first-order valence-electron chi connectivity index (χ1n) is 10.1.